The molecule has 0 bridgehead atoms. The molecule has 0 saturated carbocycles. The van der Waals surface area contributed by atoms with Crippen molar-refractivity contribution < 1.29 is 4.74 Å². The second kappa shape index (κ2) is 5.54. The lowest BCUT2D eigenvalue weighted by atomic mass is 10.1. The van der Waals surface area contributed by atoms with Gasteiger partial charge in [0.25, 0.3) is 0 Å². The van der Waals surface area contributed by atoms with Gasteiger partial charge in [0.2, 0.25) is 5.88 Å². The van der Waals surface area contributed by atoms with Crippen LogP contribution < -0.4 is 10.5 Å². The monoisotopic (exact) mass is 278 g/mol. The highest BCUT2D eigenvalue weighted by Crippen LogP contribution is 2.30. The predicted molar refractivity (Wildman–Crippen MR) is 85.6 cm³/mol. The van der Waals surface area contributed by atoms with Gasteiger partial charge in [-0.3, -0.25) is 0 Å². The minimum Gasteiger partial charge on any atom is -0.438 e. The SMILES string of the molecule is Cc1ccc(C)c(Oc2nc(CN)cc3ccccc23)c1. The molecule has 3 rings (SSSR count). The molecule has 1 aromatic heterocycles. The highest BCUT2D eigenvalue weighted by molar-refractivity contribution is 5.87. The summed E-state index contributed by atoms with van der Waals surface area (Å²) in [7, 11) is 0. The molecule has 0 spiro atoms. The van der Waals surface area contributed by atoms with E-state index in [4.69, 9.17) is 10.5 Å². The summed E-state index contributed by atoms with van der Waals surface area (Å²) in [5.41, 5.74) is 8.82. The van der Waals surface area contributed by atoms with Crippen molar-refractivity contribution in [3.8, 4) is 11.6 Å². The van der Waals surface area contributed by atoms with E-state index in [2.05, 4.69) is 17.1 Å². The van der Waals surface area contributed by atoms with Crippen LogP contribution in [0.15, 0.2) is 48.5 Å². The molecule has 0 amide bonds. The molecule has 3 heteroatoms. The molecule has 0 aliphatic carbocycles. The first-order valence-electron chi connectivity index (χ1n) is 7.01. The molecule has 0 fully saturated rings. The molecule has 1 heterocycles. The van der Waals surface area contributed by atoms with E-state index in [9.17, 15) is 0 Å². The van der Waals surface area contributed by atoms with Crippen LogP contribution in [-0.4, -0.2) is 4.98 Å². The summed E-state index contributed by atoms with van der Waals surface area (Å²) in [6.07, 6.45) is 0. The maximum atomic E-state index is 6.08. The van der Waals surface area contributed by atoms with E-state index in [0.717, 1.165) is 33.3 Å². The van der Waals surface area contributed by atoms with Crippen molar-refractivity contribution in [2.75, 3.05) is 0 Å². The zero-order valence-electron chi connectivity index (χ0n) is 12.3. The standard InChI is InChI=1S/C18H18N2O/c1-12-7-8-13(2)17(9-12)21-18-16-6-4-3-5-14(16)10-15(11-19)20-18/h3-10H,11,19H2,1-2H3. The van der Waals surface area contributed by atoms with Crippen LogP contribution in [0.2, 0.25) is 0 Å². The Morgan fingerprint density at radius 1 is 1.05 bits per heavy atom. The summed E-state index contributed by atoms with van der Waals surface area (Å²) < 4.78 is 6.08. The lowest BCUT2D eigenvalue weighted by molar-refractivity contribution is 0.463. The van der Waals surface area contributed by atoms with Gasteiger partial charge >= 0.3 is 0 Å². The van der Waals surface area contributed by atoms with Crippen LogP contribution in [0.1, 0.15) is 16.8 Å². The molecule has 0 unspecified atom stereocenters. The van der Waals surface area contributed by atoms with E-state index in [0.29, 0.717) is 12.4 Å². The molecule has 0 radical (unpaired) electrons. The van der Waals surface area contributed by atoms with Crippen molar-refractivity contribution in [2.45, 2.75) is 20.4 Å². The Bertz CT molecular complexity index is 796. The third-order valence-corrected chi connectivity index (χ3v) is 3.52. The maximum Gasteiger partial charge on any atom is 0.227 e. The molecular formula is C18H18N2O. The van der Waals surface area contributed by atoms with Gasteiger partial charge in [0.1, 0.15) is 5.75 Å². The highest BCUT2D eigenvalue weighted by Gasteiger charge is 2.09. The molecule has 3 nitrogen and oxygen atoms in total. The fourth-order valence-corrected chi connectivity index (χ4v) is 2.32. The Balaban J connectivity index is 2.13. The van der Waals surface area contributed by atoms with Gasteiger partial charge in [-0.15, -0.1) is 0 Å². The van der Waals surface area contributed by atoms with E-state index in [1.807, 2.05) is 50.2 Å². The summed E-state index contributed by atoms with van der Waals surface area (Å²) in [4.78, 5) is 4.54. The van der Waals surface area contributed by atoms with E-state index >= 15 is 0 Å². The number of ether oxygens (including phenoxy) is 1. The van der Waals surface area contributed by atoms with Crippen molar-refractivity contribution >= 4 is 10.8 Å². The normalized spacial score (nSPS) is 10.8. The van der Waals surface area contributed by atoms with Crippen molar-refractivity contribution in [3.05, 3.63) is 65.4 Å². The van der Waals surface area contributed by atoms with E-state index < -0.39 is 0 Å². The molecule has 2 aromatic carbocycles. The Labute approximate surface area is 124 Å². The fraction of sp³-hybridized carbons (Fsp3) is 0.167. The van der Waals surface area contributed by atoms with Crippen LogP contribution in [0.3, 0.4) is 0 Å². The van der Waals surface area contributed by atoms with Crippen LogP contribution in [0.25, 0.3) is 10.8 Å². The summed E-state index contributed by atoms with van der Waals surface area (Å²) in [6, 6.07) is 16.2. The molecule has 3 aromatic rings. The maximum absolute atomic E-state index is 6.08. The van der Waals surface area contributed by atoms with Crippen LogP contribution in [0.5, 0.6) is 11.6 Å². The van der Waals surface area contributed by atoms with Gasteiger partial charge in [0, 0.05) is 11.9 Å². The molecule has 0 aliphatic heterocycles. The van der Waals surface area contributed by atoms with Gasteiger partial charge in [0.15, 0.2) is 0 Å². The van der Waals surface area contributed by atoms with Gasteiger partial charge in [-0.1, -0.05) is 30.3 Å². The van der Waals surface area contributed by atoms with Gasteiger partial charge < -0.3 is 10.5 Å². The van der Waals surface area contributed by atoms with Crippen LogP contribution in [-0.2, 0) is 6.54 Å². The van der Waals surface area contributed by atoms with Crippen LogP contribution in [0, 0.1) is 13.8 Å². The van der Waals surface area contributed by atoms with Crippen molar-refractivity contribution in [1.29, 1.82) is 0 Å². The first-order chi connectivity index (χ1) is 10.2. The Hall–Kier alpha value is -2.39. The Kier molecular flexibility index (Phi) is 3.59. The third-order valence-electron chi connectivity index (χ3n) is 3.52. The molecule has 21 heavy (non-hydrogen) atoms. The Morgan fingerprint density at radius 3 is 2.67 bits per heavy atom. The smallest absolute Gasteiger partial charge is 0.227 e. The summed E-state index contributed by atoms with van der Waals surface area (Å²) in [5, 5.41) is 2.09. The number of nitrogens with zero attached hydrogens (tertiary/aromatic N) is 1. The second-order valence-electron chi connectivity index (χ2n) is 5.22. The number of benzene rings is 2. The lowest BCUT2D eigenvalue weighted by Gasteiger charge is -2.12. The number of hydrogen-bond donors (Lipinski definition) is 1. The van der Waals surface area contributed by atoms with Gasteiger partial charge in [-0.05, 0) is 48.6 Å². The average molecular weight is 278 g/mol. The number of aryl methyl sites for hydroxylation is 2. The molecule has 2 N–H and O–H groups in total. The van der Waals surface area contributed by atoms with Crippen molar-refractivity contribution in [1.82, 2.24) is 4.98 Å². The zero-order valence-corrected chi connectivity index (χ0v) is 12.3. The molecular weight excluding hydrogens is 260 g/mol. The lowest BCUT2D eigenvalue weighted by Crippen LogP contribution is -2.01. The van der Waals surface area contributed by atoms with Gasteiger partial charge in [-0.25, -0.2) is 4.98 Å². The van der Waals surface area contributed by atoms with E-state index in [1.54, 1.807) is 0 Å². The molecule has 0 saturated heterocycles. The molecule has 0 aliphatic rings. The van der Waals surface area contributed by atoms with Crippen LogP contribution >= 0.6 is 0 Å². The van der Waals surface area contributed by atoms with E-state index in [-0.39, 0.29) is 0 Å². The number of fused-ring (bicyclic) bond motifs is 1. The summed E-state index contributed by atoms with van der Waals surface area (Å²) in [6.45, 7) is 4.48. The fourth-order valence-electron chi connectivity index (χ4n) is 2.32. The first-order valence-corrected chi connectivity index (χ1v) is 7.01. The largest absolute Gasteiger partial charge is 0.438 e. The Morgan fingerprint density at radius 2 is 1.86 bits per heavy atom. The molecule has 106 valence electrons. The number of nitrogens with two attached hydrogens (primary N) is 1. The zero-order chi connectivity index (χ0) is 14.8. The van der Waals surface area contributed by atoms with Crippen LogP contribution in [0.4, 0.5) is 0 Å². The number of hydrogen-bond acceptors (Lipinski definition) is 3. The second-order valence-corrected chi connectivity index (χ2v) is 5.22. The minimum absolute atomic E-state index is 0.397. The van der Waals surface area contributed by atoms with E-state index in [1.165, 1.54) is 0 Å². The van der Waals surface area contributed by atoms with Crippen molar-refractivity contribution in [2.24, 2.45) is 5.73 Å². The predicted octanol–water partition coefficient (Wildman–Crippen LogP) is 4.10. The third kappa shape index (κ3) is 2.73. The van der Waals surface area contributed by atoms with Crippen molar-refractivity contribution in [3.63, 3.8) is 0 Å². The summed E-state index contributed by atoms with van der Waals surface area (Å²) >= 11 is 0. The summed E-state index contributed by atoms with van der Waals surface area (Å²) in [5.74, 6) is 1.45. The quantitative estimate of drug-likeness (QED) is 0.784. The van der Waals surface area contributed by atoms with Gasteiger partial charge in [-0.2, -0.15) is 0 Å². The topological polar surface area (TPSA) is 48.1 Å². The number of rotatable bonds is 3. The minimum atomic E-state index is 0.397. The number of pyridine rings is 1. The number of aromatic nitrogens is 1. The van der Waals surface area contributed by atoms with Gasteiger partial charge in [0.05, 0.1) is 5.69 Å². The highest BCUT2D eigenvalue weighted by atomic mass is 16.5. The average Bonchev–Trinajstić information content (AvgIpc) is 2.50. The molecule has 0 atom stereocenters. The first kappa shape index (κ1) is 13.6.